The number of nitrogens with one attached hydrogen (secondary N) is 1. The fourth-order valence-corrected chi connectivity index (χ4v) is 4.04. The topological polar surface area (TPSA) is 47.6 Å². The van der Waals surface area contributed by atoms with Gasteiger partial charge in [0.25, 0.3) is 0 Å². The Balaban J connectivity index is 1.98. The van der Waals surface area contributed by atoms with E-state index in [-0.39, 0.29) is 17.3 Å². The summed E-state index contributed by atoms with van der Waals surface area (Å²) in [5.74, 6) is 3.56. The molecule has 0 radical (unpaired) electrons. The van der Waals surface area contributed by atoms with E-state index in [0.717, 1.165) is 28.4 Å². The van der Waals surface area contributed by atoms with E-state index in [4.69, 9.17) is 15.9 Å². The molecular formula is C19H21NO3S. The second-order valence-electron chi connectivity index (χ2n) is 6.01. The van der Waals surface area contributed by atoms with E-state index in [0.29, 0.717) is 24.2 Å². The van der Waals surface area contributed by atoms with Gasteiger partial charge in [-0.2, -0.15) is 0 Å². The van der Waals surface area contributed by atoms with Crippen LogP contribution in [0, 0.1) is 12.3 Å². The van der Waals surface area contributed by atoms with E-state index in [1.165, 1.54) is 0 Å². The minimum atomic E-state index is -0.0246. The predicted octanol–water partition coefficient (Wildman–Crippen LogP) is 3.75. The highest BCUT2D eigenvalue weighted by atomic mass is 32.2. The average Bonchev–Trinajstić information content (AvgIpc) is 3.21. The number of carbonyl (C=O) groups is 1. The van der Waals surface area contributed by atoms with Crippen LogP contribution in [0.2, 0.25) is 0 Å². The molecule has 0 bridgehead atoms. The van der Waals surface area contributed by atoms with Gasteiger partial charge in [-0.15, -0.1) is 6.42 Å². The predicted molar refractivity (Wildman–Crippen MR) is 96.0 cm³/mol. The van der Waals surface area contributed by atoms with Gasteiger partial charge < -0.3 is 14.8 Å². The molecule has 0 fully saturated rings. The number of rotatable bonds is 5. The summed E-state index contributed by atoms with van der Waals surface area (Å²) in [5, 5.41) is 4.14. The molecule has 1 atom stereocenters. The number of hydrogen-bond acceptors (Lipinski definition) is 5. The summed E-state index contributed by atoms with van der Waals surface area (Å²) in [4.78, 5) is 12.4. The highest BCUT2D eigenvalue weighted by Crippen LogP contribution is 2.45. The first-order valence-corrected chi connectivity index (χ1v) is 9.05. The fraction of sp³-hybridized carbons (Fsp3) is 0.421. The highest BCUT2D eigenvalue weighted by molar-refractivity contribution is 8.03. The van der Waals surface area contributed by atoms with Crippen LogP contribution in [0.5, 0.6) is 5.75 Å². The van der Waals surface area contributed by atoms with Gasteiger partial charge in [-0.1, -0.05) is 24.6 Å². The molecule has 3 rings (SSSR count). The number of fused-ring (bicyclic) bond motifs is 1. The molecule has 0 amide bonds. The van der Waals surface area contributed by atoms with E-state index in [1.807, 2.05) is 33.0 Å². The zero-order valence-electron chi connectivity index (χ0n) is 14.1. The van der Waals surface area contributed by atoms with Crippen LogP contribution in [0.25, 0.3) is 0 Å². The first kappa shape index (κ1) is 16.8. The Labute approximate surface area is 147 Å². The standard InChI is InChI=1S/C19H21NO3S/c1-5-12-9-14(19-20-10-16(24-19)23-11(3)4)18-13(7-8-22-18)17(12)15(21)6-2/h1,9-11,19-20H,6-8H2,2-4H3. The first-order chi connectivity index (χ1) is 11.5. The molecule has 1 N–H and O–H groups in total. The zero-order valence-corrected chi connectivity index (χ0v) is 15.0. The third-order valence-electron chi connectivity index (χ3n) is 3.98. The Kier molecular flexibility index (Phi) is 4.77. The molecule has 126 valence electrons. The molecular weight excluding hydrogens is 322 g/mol. The Morgan fingerprint density at radius 1 is 1.58 bits per heavy atom. The molecule has 0 saturated heterocycles. The van der Waals surface area contributed by atoms with Crippen LogP contribution in [0.3, 0.4) is 0 Å². The number of ketones is 1. The van der Waals surface area contributed by atoms with E-state index < -0.39 is 0 Å². The summed E-state index contributed by atoms with van der Waals surface area (Å²) in [6.45, 7) is 6.43. The van der Waals surface area contributed by atoms with Crippen LogP contribution in [-0.2, 0) is 11.2 Å². The lowest BCUT2D eigenvalue weighted by Crippen LogP contribution is -2.12. The van der Waals surface area contributed by atoms with Gasteiger partial charge in [0.2, 0.25) is 0 Å². The lowest BCUT2D eigenvalue weighted by molar-refractivity contribution is 0.0987. The molecule has 2 heterocycles. The summed E-state index contributed by atoms with van der Waals surface area (Å²) in [7, 11) is 0. The maximum absolute atomic E-state index is 12.4. The lowest BCUT2D eigenvalue weighted by Gasteiger charge is -2.18. The summed E-state index contributed by atoms with van der Waals surface area (Å²) in [6.07, 6.45) is 8.84. The van der Waals surface area contributed by atoms with Crippen molar-refractivity contribution in [2.45, 2.75) is 45.1 Å². The van der Waals surface area contributed by atoms with Crippen molar-refractivity contribution in [1.82, 2.24) is 5.32 Å². The number of terminal acetylenes is 1. The van der Waals surface area contributed by atoms with E-state index in [1.54, 1.807) is 11.8 Å². The fourth-order valence-electron chi connectivity index (χ4n) is 2.99. The Hall–Kier alpha value is -2.06. The van der Waals surface area contributed by atoms with Gasteiger partial charge in [-0.3, -0.25) is 4.79 Å². The summed E-state index contributed by atoms with van der Waals surface area (Å²) < 4.78 is 11.6. The number of ether oxygens (including phenoxy) is 2. The second kappa shape index (κ2) is 6.82. The van der Waals surface area contributed by atoms with Gasteiger partial charge in [-0.05, 0) is 19.9 Å². The van der Waals surface area contributed by atoms with Crippen molar-refractivity contribution < 1.29 is 14.3 Å². The molecule has 0 saturated carbocycles. The van der Waals surface area contributed by atoms with Crippen molar-refractivity contribution in [3.63, 3.8) is 0 Å². The van der Waals surface area contributed by atoms with Crippen molar-refractivity contribution in [2.75, 3.05) is 6.61 Å². The van der Waals surface area contributed by atoms with Crippen molar-refractivity contribution in [3.05, 3.63) is 39.6 Å². The number of carbonyl (C=O) groups excluding carboxylic acids is 1. The monoisotopic (exact) mass is 343 g/mol. The largest absolute Gasteiger partial charge is 0.493 e. The Morgan fingerprint density at radius 2 is 2.38 bits per heavy atom. The van der Waals surface area contributed by atoms with E-state index >= 15 is 0 Å². The van der Waals surface area contributed by atoms with Gasteiger partial charge in [-0.25, -0.2) is 0 Å². The normalized spacial score (nSPS) is 18.5. The van der Waals surface area contributed by atoms with Crippen LogP contribution in [0.4, 0.5) is 0 Å². The third-order valence-corrected chi connectivity index (χ3v) is 5.05. The molecule has 1 unspecified atom stereocenters. The van der Waals surface area contributed by atoms with Crippen molar-refractivity contribution in [3.8, 4) is 18.1 Å². The quantitative estimate of drug-likeness (QED) is 0.652. The van der Waals surface area contributed by atoms with Gasteiger partial charge in [0.05, 0.1) is 12.7 Å². The van der Waals surface area contributed by atoms with Crippen LogP contribution < -0.4 is 10.1 Å². The van der Waals surface area contributed by atoms with Gasteiger partial charge in [0.15, 0.2) is 10.9 Å². The van der Waals surface area contributed by atoms with E-state index in [9.17, 15) is 4.79 Å². The smallest absolute Gasteiger partial charge is 0.171 e. The van der Waals surface area contributed by atoms with Crippen LogP contribution >= 0.6 is 11.8 Å². The molecule has 1 aromatic rings. The number of thioether (sulfide) groups is 1. The maximum atomic E-state index is 12.4. The second-order valence-corrected chi connectivity index (χ2v) is 7.12. The third kappa shape index (κ3) is 2.99. The molecule has 2 aliphatic rings. The summed E-state index contributed by atoms with van der Waals surface area (Å²) >= 11 is 1.59. The summed E-state index contributed by atoms with van der Waals surface area (Å²) in [5.41, 5.74) is 3.24. The molecule has 4 nitrogen and oxygen atoms in total. The molecule has 2 aliphatic heterocycles. The molecule has 24 heavy (non-hydrogen) atoms. The number of Topliss-reactive ketones (excluding diaryl/α,β-unsaturated/α-hetero) is 1. The van der Waals surface area contributed by atoms with Gasteiger partial charge in [0.1, 0.15) is 11.1 Å². The Morgan fingerprint density at radius 3 is 3.04 bits per heavy atom. The Bertz CT molecular complexity index is 746. The molecule has 5 heteroatoms. The number of benzene rings is 1. The van der Waals surface area contributed by atoms with Crippen molar-refractivity contribution >= 4 is 17.5 Å². The maximum Gasteiger partial charge on any atom is 0.171 e. The van der Waals surface area contributed by atoms with E-state index in [2.05, 4.69) is 11.2 Å². The lowest BCUT2D eigenvalue weighted by atomic mass is 9.92. The number of hydrogen-bond donors (Lipinski definition) is 1. The highest BCUT2D eigenvalue weighted by Gasteiger charge is 2.31. The molecule has 1 aromatic carbocycles. The molecule has 0 spiro atoms. The SMILES string of the molecule is C#Cc1cc(C2NC=C(OC(C)C)S2)c2c(c1C(=O)CC)CCO2. The van der Waals surface area contributed by atoms with Crippen LogP contribution in [0.1, 0.15) is 59.6 Å². The van der Waals surface area contributed by atoms with Gasteiger partial charge in [0, 0.05) is 41.3 Å². The van der Waals surface area contributed by atoms with Crippen molar-refractivity contribution in [2.24, 2.45) is 0 Å². The first-order valence-electron chi connectivity index (χ1n) is 8.17. The minimum Gasteiger partial charge on any atom is -0.493 e. The average molecular weight is 343 g/mol. The van der Waals surface area contributed by atoms with Crippen LogP contribution in [-0.4, -0.2) is 18.5 Å². The zero-order chi connectivity index (χ0) is 17.3. The summed E-state index contributed by atoms with van der Waals surface area (Å²) in [6, 6.07) is 1.91. The molecule has 0 aliphatic carbocycles. The minimum absolute atomic E-state index is 0.0246. The van der Waals surface area contributed by atoms with Gasteiger partial charge >= 0.3 is 0 Å². The van der Waals surface area contributed by atoms with Crippen LogP contribution in [0.15, 0.2) is 17.4 Å². The molecule has 0 aromatic heterocycles. The van der Waals surface area contributed by atoms with Crippen molar-refractivity contribution in [1.29, 1.82) is 0 Å².